The number of thiazole rings is 1. The molecule has 1 N–H and O–H groups in total. The van der Waals surface area contributed by atoms with Gasteiger partial charge in [0, 0.05) is 12.1 Å². The molecule has 0 fully saturated rings. The number of thiol groups is 1. The molecule has 0 saturated heterocycles. The Labute approximate surface area is 103 Å². The molecule has 0 aliphatic rings. The van der Waals surface area contributed by atoms with Crippen molar-refractivity contribution >= 4 is 45.8 Å². The van der Waals surface area contributed by atoms with E-state index in [1.807, 2.05) is 25.1 Å². The molecule has 5 heteroatoms. The second kappa shape index (κ2) is 4.84. The van der Waals surface area contributed by atoms with Crippen LogP contribution in [0.4, 0.5) is 5.69 Å². The molecule has 84 valence electrons. The SMILES string of the molecule is CCCC(=O)Nc1ccc2nc(S)sc2c1. The Bertz CT molecular complexity index is 522. The van der Waals surface area contributed by atoms with Crippen LogP contribution in [0.25, 0.3) is 10.2 Å². The molecule has 0 saturated carbocycles. The van der Waals surface area contributed by atoms with E-state index >= 15 is 0 Å². The van der Waals surface area contributed by atoms with Gasteiger partial charge in [-0.05, 0) is 24.6 Å². The first kappa shape index (κ1) is 11.4. The molecule has 1 heterocycles. The van der Waals surface area contributed by atoms with Crippen LogP contribution < -0.4 is 5.32 Å². The molecule has 1 aromatic carbocycles. The summed E-state index contributed by atoms with van der Waals surface area (Å²) in [4.78, 5) is 15.7. The van der Waals surface area contributed by atoms with Crippen LogP contribution in [0.15, 0.2) is 22.5 Å². The highest BCUT2D eigenvalue weighted by Crippen LogP contribution is 2.27. The van der Waals surface area contributed by atoms with Crippen LogP contribution in [0.1, 0.15) is 19.8 Å². The highest BCUT2D eigenvalue weighted by atomic mass is 32.2. The number of amides is 1. The van der Waals surface area contributed by atoms with E-state index < -0.39 is 0 Å². The molecule has 16 heavy (non-hydrogen) atoms. The molecule has 0 unspecified atom stereocenters. The summed E-state index contributed by atoms with van der Waals surface area (Å²) in [6.07, 6.45) is 1.41. The van der Waals surface area contributed by atoms with Gasteiger partial charge in [0.05, 0.1) is 10.2 Å². The molecular formula is C11H12N2OS2. The fraction of sp³-hybridized carbons (Fsp3) is 0.273. The Morgan fingerprint density at radius 3 is 3.12 bits per heavy atom. The zero-order valence-corrected chi connectivity index (χ0v) is 10.6. The fourth-order valence-corrected chi connectivity index (χ4v) is 2.59. The summed E-state index contributed by atoms with van der Waals surface area (Å²) in [6, 6.07) is 5.69. The third-order valence-corrected chi connectivity index (χ3v) is 3.33. The monoisotopic (exact) mass is 252 g/mol. The summed E-state index contributed by atoms with van der Waals surface area (Å²) in [5.41, 5.74) is 1.74. The van der Waals surface area contributed by atoms with Gasteiger partial charge >= 0.3 is 0 Å². The van der Waals surface area contributed by atoms with Gasteiger partial charge in [-0.15, -0.1) is 24.0 Å². The average Bonchev–Trinajstić information content (AvgIpc) is 2.57. The van der Waals surface area contributed by atoms with Crippen LogP contribution in [-0.4, -0.2) is 10.9 Å². The highest BCUT2D eigenvalue weighted by Gasteiger charge is 2.04. The van der Waals surface area contributed by atoms with Crippen molar-refractivity contribution in [3.63, 3.8) is 0 Å². The number of benzene rings is 1. The second-order valence-corrected chi connectivity index (χ2v) is 5.23. The van der Waals surface area contributed by atoms with Gasteiger partial charge in [0.15, 0.2) is 0 Å². The number of aromatic nitrogens is 1. The van der Waals surface area contributed by atoms with Gasteiger partial charge in [0.1, 0.15) is 4.34 Å². The number of hydrogen-bond acceptors (Lipinski definition) is 4. The zero-order valence-electron chi connectivity index (χ0n) is 8.86. The number of rotatable bonds is 3. The van der Waals surface area contributed by atoms with E-state index in [9.17, 15) is 4.79 Å². The van der Waals surface area contributed by atoms with E-state index in [-0.39, 0.29) is 5.91 Å². The van der Waals surface area contributed by atoms with E-state index in [4.69, 9.17) is 0 Å². The third-order valence-electron chi connectivity index (χ3n) is 2.14. The van der Waals surface area contributed by atoms with Crippen molar-refractivity contribution < 1.29 is 4.79 Å². The molecule has 2 rings (SSSR count). The van der Waals surface area contributed by atoms with Gasteiger partial charge in [0.25, 0.3) is 0 Å². The summed E-state index contributed by atoms with van der Waals surface area (Å²) >= 11 is 5.71. The summed E-state index contributed by atoms with van der Waals surface area (Å²) in [7, 11) is 0. The highest BCUT2D eigenvalue weighted by molar-refractivity contribution is 7.82. The van der Waals surface area contributed by atoms with Crippen molar-refractivity contribution in [1.29, 1.82) is 0 Å². The van der Waals surface area contributed by atoms with Gasteiger partial charge in [0.2, 0.25) is 5.91 Å². The molecule has 0 atom stereocenters. The molecule has 0 spiro atoms. The predicted octanol–water partition coefficient (Wildman–Crippen LogP) is 3.32. The standard InChI is InChI=1S/C11H12N2OS2/c1-2-3-10(14)12-7-4-5-8-9(6-7)16-11(15)13-8/h4-6H,2-3H2,1H3,(H,12,14)(H,13,15). The van der Waals surface area contributed by atoms with Crippen LogP contribution >= 0.6 is 24.0 Å². The van der Waals surface area contributed by atoms with Crippen LogP contribution in [0, 0.1) is 0 Å². The van der Waals surface area contributed by atoms with E-state index in [1.165, 1.54) is 11.3 Å². The summed E-state index contributed by atoms with van der Waals surface area (Å²) in [6.45, 7) is 1.99. The Morgan fingerprint density at radius 2 is 2.38 bits per heavy atom. The molecule has 1 amide bonds. The molecule has 3 nitrogen and oxygen atoms in total. The van der Waals surface area contributed by atoms with Gasteiger partial charge in [-0.1, -0.05) is 6.92 Å². The molecule has 0 aliphatic heterocycles. The quantitative estimate of drug-likeness (QED) is 0.823. The van der Waals surface area contributed by atoms with Crippen LogP contribution in [0.2, 0.25) is 0 Å². The minimum atomic E-state index is 0.0532. The second-order valence-electron chi connectivity index (χ2n) is 3.48. The topological polar surface area (TPSA) is 42.0 Å². The first-order valence-electron chi connectivity index (χ1n) is 5.08. The van der Waals surface area contributed by atoms with Crippen LogP contribution in [-0.2, 0) is 4.79 Å². The minimum absolute atomic E-state index is 0.0532. The first-order chi connectivity index (χ1) is 7.69. The lowest BCUT2D eigenvalue weighted by Crippen LogP contribution is -2.10. The number of anilines is 1. The van der Waals surface area contributed by atoms with Crippen LogP contribution in [0.3, 0.4) is 0 Å². The molecule has 0 aliphatic carbocycles. The maximum atomic E-state index is 11.4. The Balaban J connectivity index is 2.22. The van der Waals surface area contributed by atoms with Crippen molar-refractivity contribution in [3.8, 4) is 0 Å². The number of carbonyl (C=O) groups is 1. The van der Waals surface area contributed by atoms with Crippen molar-refractivity contribution in [1.82, 2.24) is 4.98 Å². The van der Waals surface area contributed by atoms with Crippen molar-refractivity contribution in [3.05, 3.63) is 18.2 Å². The molecule has 2 aromatic rings. The molecule has 1 aromatic heterocycles. The average molecular weight is 252 g/mol. The molecule has 0 radical (unpaired) electrons. The zero-order chi connectivity index (χ0) is 11.5. The number of fused-ring (bicyclic) bond motifs is 1. The maximum Gasteiger partial charge on any atom is 0.224 e. The summed E-state index contributed by atoms with van der Waals surface area (Å²) < 4.78 is 1.78. The maximum absolute atomic E-state index is 11.4. The Morgan fingerprint density at radius 1 is 1.56 bits per heavy atom. The van der Waals surface area contributed by atoms with Crippen molar-refractivity contribution in [2.45, 2.75) is 24.1 Å². The van der Waals surface area contributed by atoms with Crippen LogP contribution in [0.5, 0.6) is 0 Å². The molecule has 0 bridgehead atoms. The lowest BCUT2D eigenvalue weighted by Gasteiger charge is -2.03. The Hall–Kier alpha value is -1.07. The number of carbonyl (C=O) groups excluding carboxylic acids is 1. The normalized spacial score (nSPS) is 10.6. The summed E-state index contributed by atoms with van der Waals surface area (Å²) in [5, 5.41) is 2.86. The van der Waals surface area contributed by atoms with E-state index in [0.29, 0.717) is 6.42 Å². The largest absolute Gasteiger partial charge is 0.326 e. The smallest absolute Gasteiger partial charge is 0.224 e. The van der Waals surface area contributed by atoms with E-state index in [0.717, 1.165) is 26.7 Å². The van der Waals surface area contributed by atoms with Crippen molar-refractivity contribution in [2.24, 2.45) is 0 Å². The van der Waals surface area contributed by atoms with Gasteiger partial charge in [-0.3, -0.25) is 4.79 Å². The van der Waals surface area contributed by atoms with E-state index in [1.54, 1.807) is 0 Å². The fourth-order valence-electron chi connectivity index (χ4n) is 1.44. The molecular weight excluding hydrogens is 240 g/mol. The van der Waals surface area contributed by atoms with Gasteiger partial charge in [-0.2, -0.15) is 0 Å². The Kier molecular flexibility index (Phi) is 3.46. The van der Waals surface area contributed by atoms with E-state index in [2.05, 4.69) is 22.9 Å². The minimum Gasteiger partial charge on any atom is -0.326 e. The number of nitrogens with one attached hydrogen (secondary N) is 1. The number of hydrogen-bond donors (Lipinski definition) is 2. The lowest BCUT2D eigenvalue weighted by atomic mass is 10.2. The van der Waals surface area contributed by atoms with Gasteiger partial charge < -0.3 is 5.32 Å². The first-order valence-corrected chi connectivity index (χ1v) is 6.35. The van der Waals surface area contributed by atoms with Crippen molar-refractivity contribution in [2.75, 3.05) is 5.32 Å². The third kappa shape index (κ3) is 2.54. The van der Waals surface area contributed by atoms with Gasteiger partial charge in [-0.25, -0.2) is 4.98 Å². The number of nitrogens with zero attached hydrogens (tertiary/aromatic N) is 1. The predicted molar refractivity (Wildman–Crippen MR) is 70.4 cm³/mol. The summed E-state index contributed by atoms with van der Waals surface area (Å²) in [5.74, 6) is 0.0532. The lowest BCUT2D eigenvalue weighted by molar-refractivity contribution is -0.116.